The molecule has 0 radical (unpaired) electrons. The summed E-state index contributed by atoms with van der Waals surface area (Å²) in [6.07, 6.45) is 1.05. The predicted octanol–water partition coefficient (Wildman–Crippen LogP) is 4.28. The lowest BCUT2D eigenvalue weighted by Crippen LogP contribution is -2.29. The number of benzene rings is 2. The minimum atomic E-state index is -0.847. The second-order valence-electron chi connectivity index (χ2n) is 6.49. The average Bonchev–Trinajstić information content (AvgIpc) is 2.85. The van der Waals surface area contributed by atoms with E-state index in [4.69, 9.17) is 21.4 Å². The van der Waals surface area contributed by atoms with Crippen LogP contribution in [-0.4, -0.2) is 23.5 Å². The molecule has 4 nitrogen and oxygen atoms in total. The Balaban J connectivity index is 1.83. The number of carbonyl (C=O) groups excluding carboxylic acids is 1. The van der Waals surface area contributed by atoms with Gasteiger partial charge in [0.2, 0.25) is 0 Å². The molecule has 0 amide bonds. The van der Waals surface area contributed by atoms with E-state index in [2.05, 4.69) is 0 Å². The smallest absolute Gasteiger partial charge is 0.303 e. The fourth-order valence-corrected chi connectivity index (χ4v) is 3.62. The molecule has 25 heavy (non-hydrogen) atoms. The van der Waals surface area contributed by atoms with Crippen LogP contribution in [0.2, 0.25) is 5.02 Å². The average molecular weight is 359 g/mol. The summed E-state index contributed by atoms with van der Waals surface area (Å²) in [5.74, 6) is -0.254. The fraction of sp³-hybridized carbons (Fsp3) is 0.300. The van der Waals surface area contributed by atoms with Crippen LogP contribution >= 0.6 is 11.6 Å². The quantitative estimate of drug-likeness (QED) is 0.783. The first-order chi connectivity index (χ1) is 11.9. The van der Waals surface area contributed by atoms with Crippen LogP contribution in [0.1, 0.15) is 41.3 Å². The van der Waals surface area contributed by atoms with E-state index in [1.807, 2.05) is 43.3 Å². The Bertz CT molecular complexity index is 816. The normalized spacial score (nSPS) is 18.9. The molecule has 5 heteroatoms. The van der Waals surface area contributed by atoms with Crippen LogP contribution in [0.3, 0.4) is 0 Å². The van der Waals surface area contributed by atoms with Crippen LogP contribution in [0.5, 0.6) is 5.75 Å². The first-order valence-corrected chi connectivity index (χ1v) is 8.57. The lowest BCUT2D eigenvalue weighted by Gasteiger charge is -2.22. The molecule has 0 saturated heterocycles. The van der Waals surface area contributed by atoms with Gasteiger partial charge in [0.05, 0.1) is 17.0 Å². The van der Waals surface area contributed by atoms with Gasteiger partial charge in [-0.15, -0.1) is 0 Å². The van der Waals surface area contributed by atoms with E-state index in [0.29, 0.717) is 35.8 Å². The molecular formula is C20H19ClO4. The number of rotatable bonds is 6. The van der Waals surface area contributed by atoms with Crippen molar-refractivity contribution >= 4 is 23.4 Å². The molecular weight excluding hydrogens is 340 g/mol. The Hall–Kier alpha value is -2.33. The lowest BCUT2D eigenvalue weighted by atomic mass is 9.79. The molecule has 0 saturated carbocycles. The van der Waals surface area contributed by atoms with Crippen molar-refractivity contribution in [2.24, 2.45) is 0 Å². The van der Waals surface area contributed by atoms with Gasteiger partial charge in [-0.1, -0.05) is 41.9 Å². The van der Waals surface area contributed by atoms with Crippen LogP contribution in [0.25, 0.3) is 0 Å². The molecule has 0 bridgehead atoms. The Morgan fingerprint density at radius 2 is 2.00 bits per heavy atom. The molecule has 1 aliphatic rings. The number of Topliss-reactive ketones (excluding diaryl/α,β-unsaturated/α-hetero) is 1. The third-order valence-corrected chi connectivity index (χ3v) is 4.93. The summed E-state index contributed by atoms with van der Waals surface area (Å²) in [5, 5.41) is 9.05. The Labute approximate surface area is 151 Å². The van der Waals surface area contributed by atoms with Gasteiger partial charge in [-0.3, -0.25) is 9.59 Å². The number of ketones is 1. The van der Waals surface area contributed by atoms with Gasteiger partial charge in [-0.2, -0.15) is 0 Å². The van der Waals surface area contributed by atoms with E-state index >= 15 is 0 Å². The first kappa shape index (κ1) is 17.5. The summed E-state index contributed by atoms with van der Waals surface area (Å²) < 4.78 is 5.61. The molecule has 130 valence electrons. The van der Waals surface area contributed by atoms with Crippen LogP contribution < -0.4 is 4.74 Å². The van der Waals surface area contributed by atoms with E-state index in [0.717, 1.165) is 11.1 Å². The zero-order chi connectivity index (χ0) is 18.0. The molecule has 0 aromatic heterocycles. The van der Waals surface area contributed by atoms with E-state index in [1.165, 1.54) is 0 Å². The van der Waals surface area contributed by atoms with Gasteiger partial charge >= 0.3 is 5.97 Å². The second-order valence-corrected chi connectivity index (χ2v) is 6.90. The maximum absolute atomic E-state index is 13.0. The number of ether oxygens (including phenoxy) is 1. The number of carboxylic acids is 1. The topological polar surface area (TPSA) is 63.6 Å². The molecule has 0 heterocycles. The van der Waals surface area contributed by atoms with Gasteiger partial charge in [0.1, 0.15) is 5.75 Å². The molecule has 1 N–H and O–H groups in total. The van der Waals surface area contributed by atoms with Crippen molar-refractivity contribution in [3.63, 3.8) is 0 Å². The highest BCUT2D eigenvalue weighted by atomic mass is 35.5. The van der Waals surface area contributed by atoms with Gasteiger partial charge in [0.15, 0.2) is 5.78 Å². The van der Waals surface area contributed by atoms with Crippen LogP contribution in [-0.2, 0) is 16.6 Å². The summed E-state index contributed by atoms with van der Waals surface area (Å²) in [6.45, 7) is 2.24. The zero-order valence-corrected chi connectivity index (χ0v) is 14.7. The van der Waals surface area contributed by atoms with Crippen molar-refractivity contribution in [1.29, 1.82) is 0 Å². The van der Waals surface area contributed by atoms with Crippen LogP contribution in [0, 0.1) is 0 Å². The third-order valence-electron chi connectivity index (χ3n) is 4.63. The molecule has 1 atom stereocenters. The number of aliphatic carboxylic acids is 1. The summed E-state index contributed by atoms with van der Waals surface area (Å²) in [4.78, 5) is 23.5. The Morgan fingerprint density at radius 1 is 1.28 bits per heavy atom. The Kier molecular flexibility index (Phi) is 4.82. The maximum atomic E-state index is 13.0. The van der Waals surface area contributed by atoms with Gasteiger partial charge in [-0.05, 0) is 43.0 Å². The summed E-state index contributed by atoms with van der Waals surface area (Å²) >= 11 is 6.35. The first-order valence-electron chi connectivity index (χ1n) is 8.19. The SMILES string of the molecule is CC1(c2ccccc2)Cc2cc(OCCCC(=O)O)cc(Cl)c2C1=O. The highest BCUT2D eigenvalue weighted by molar-refractivity contribution is 6.35. The number of halogens is 1. The molecule has 1 aliphatic carbocycles. The van der Waals surface area contributed by atoms with Crippen molar-refractivity contribution in [3.05, 3.63) is 64.2 Å². The standard InChI is InChI=1S/C20H19ClO4/c1-20(14-6-3-2-4-7-14)12-13-10-15(25-9-5-8-17(22)23)11-16(21)18(13)19(20)24/h2-4,6-7,10-11H,5,8-9,12H2,1H3,(H,22,23). The molecule has 0 fully saturated rings. The Morgan fingerprint density at radius 3 is 2.68 bits per heavy atom. The van der Waals surface area contributed by atoms with Crippen molar-refractivity contribution in [2.75, 3.05) is 6.61 Å². The number of carbonyl (C=O) groups is 2. The lowest BCUT2D eigenvalue weighted by molar-refractivity contribution is -0.137. The zero-order valence-electron chi connectivity index (χ0n) is 13.9. The number of fused-ring (bicyclic) bond motifs is 1. The van der Waals surface area contributed by atoms with Crippen molar-refractivity contribution in [2.45, 2.75) is 31.6 Å². The fourth-order valence-electron chi connectivity index (χ4n) is 3.30. The monoisotopic (exact) mass is 358 g/mol. The van der Waals surface area contributed by atoms with Crippen LogP contribution in [0.4, 0.5) is 0 Å². The summed E-state index contributed by atoms with van der Waals surface area (Å²) in [6, 6.07) is 13.2. The molecule has 2 aromatic rings. The molecule has 1 unspecified atom stereocenters. The number of hydrogen-bond acceptors (Lipinski definition) is 3. The molecule has 2 aromatic carbocycles. The molecule has 0 aliphatic heterocycles. The van der Waals surface area contributed by atoms with Crippen molar-refractivity contribution in [1.82, 2.24) is 0 Å². The van der Waals surface area contributed by atoms with E-state index in [-0.39, 0.29) is 12.2 Å². The van der Waals surface area contributed by atoms with E-state index < -0.39 is 11.4 Å². The highest BCUT2D eigenvalue weighted by Gasteiger charge is 2.44. The van der Waals surface area contributed by atoms with E-state index in [1.54, 1.807) is 6.07 Å². The summed E-state index contributed by atoms with van der Waals surface area (Å²) in [7, 11) is 0. The summed E-state index contributed by atoms with van der Waals surface area (Å²) in [5.41, 5.74) is 1.77. The minimum Gasteiger partial charge on any atom is -0.494 e. The van der Waals surface area contributed by atoms with Gasteiger partial charge in [0, 0.05) is 12.0 Å². The largest absolute Gasteiger partial charge is 0.494 e. The third kappa shape index (κ3) is 3.40. The van der Waals surface area contributed by atoms with Crippen molar-refractivity contribution < 1.29 is 19.4 Å². The number of hydrogen-bond donors (Lipinski definition) is 1. The van der Waals surface area contributed by atoms with Crippen molar-refractivity contribution in [3.8, 4) is 5.75 Å². The van der Waals surface area contributed by atoms with Gasteiger partial charge < -0.3 is 9.84 Å². The van der Waals surface area contributed by atoms with E-state index in [9.17, 15) is 9.59 Å². The maximum Gasteiger partial charge on any atom is 0.303 e. The minimum absolute atomic E-state index is 0.0242. The predicted molar refractivity (Wildman–Crippen MR) is 95.6 cm³/mol. The van der Waals surface area contributed by atoms with Gasteiger partial charge in [-0.25, -0.2) is 0 Å². The second kappa shape index (κ2) is 6.89. The van der Waals surface area contributed by atoms with Crippen LogP contribution in [0.15, 0.2) is 42.5 Å². The molecule has 3 rings (SSSR count). The highest BCUT2D eigenvalue weighted by Crippen LogP contribution is 2.43. The van der Waals surface area contributed by atoms with Gasteiger partial charge in [0.25, 0.3) is 0 Å². The molecule has 0 spiro atoms. The number of carboxylic acid groups (broad SMARTS) is 1.